The summed E-state index contributed by atoms with van der Waals surface area (Å²) < 4.78 is 1.90. The number of nitrogens with zero attached hydrogens (tertiary/aromatic N) is 3. The molecule has 7 heteroatoms. The van der Waals surface area contributed by atoms with E-state index in [9.17, 15) is 9.90 Å². The molecule has 0 saturated heterocycles. The molecule has 0 saturated carbocycles. The second-order valence-electron chi connectivity index (χ2n) is 6.54. The van der Waals surface area contributed by atoms with Crippen molar-refractivity contribution < 1.29 is 9.90 Å². The number of hydrogen-bond acceptors (Lipinski definition) is 4. The molecule has 0 aliphatic heterocycles. The highest BCUT2D eigenvalue weighted by atomic mass is 35.5. The van der Waals surface area contributed by atoms with Gasteiger partial charge in [-0.2, -0.15) is 0 Å². The summed E-state index contributed by atoms with van der Waals surface area (Å²) in [6, 6.07) is 21.1. The molecule has 0 radical (unpaired) electrons. The van der Waals surface area contributed by atoms with Crippen LogP contribution in [0.3, 0.4) is 0 Å². The minimum absolute atomic E-state index is 0.177. The first-order chi connectivity index (χ1) is 14.6. The van der Waals surface area contributed by atoms with E-state index in [1.165, 1.54) is 0 Å². The van der Waals surface area contributed by atoms with Crippen LogP contribution in [0.1, 0.15) is 12.5 Å². The van der Waals surface area contributed by atoms with Gasteiger partial charge in [-0.1, -0.05) is 54.1 Å². The first-order valence-electron chi connectivity index (χ1n) is 9.36. The Morgan fingerprint density at radius 1 is 1.07 bits per heavy atom. The van der Waals surface area contributed by atoms with Crippen molar-refractivity contribution in [2.75, 3.05) is 0 Å². The van der Waals surface area contributed by atoms with Crippen molar-refractivity contribution in [3.05, 3.63) is 82.2 Å². The van der Waals surface area contributed by atoms with Gasteiger partial charge in [-0.25, -0.2) is 4.79 Å². The summed E-state index contributed by atoms with van der Waals surface area (Å²) in [7, 11) is 0. The molecular weight excluding hydrogens is 418 g/mol. The number of halogens is 1. The second kappa shape index (κ2) is 8.73. The van der Waals surface area contributed by atoms with Gasteiger partial charge in [0, 0.05) is 17.1 Å². The fourth-order valence-corrected chi connectivity index (χ4v) is 4.22. The van der Waals surface area contributed by atoms with Gasteiger partial charge < -0.3 is 9.67 Å². The molecule has 1 N–H and O–H groups in total. The largest absolute Gasteiger partial charge is 0.477 e. The average molecular weight is 436 g/mol. The Balaban J connectivity index is 1.73. The summed E-state index contributed by atoms with van der Waals surface area (Å²) >= 11 is 7.08. The van der Waals surface area contributed by atoms with E-state index in [4.69, 9.17) is 11.6 Å². The van der Waals surface area contributed by atoms with E-state index in [1.54, 1.807) is 18.2 Å². The first-order valence-corrected chi connectivity index (χ1v) is 10.6. The minimum Gasteiger partial charge on any atom is -0.477 e. The molecule has 0 aliphatic carbocycles. The fourth-order valence-electron chi connectivity index (χ4n) is 3.21. The number of carboxylic acids is 1. The zero-order valence-electron chi connectivity index (χ0n) is 16.1. The van der Waals surface area contributed by atoms with Crippen LogP contribution in [0.4, 0.5) is 0 Å². The molecular formula is C23H18ClN3O2S. The fraction of sp³-hybridized carbons (Fsp3) is 0.0870. The smallest absolute Gasteiger partial charge is 0.342 e. The standard InChI is InChI=1S/C23H18ClN3O2S/c1-2-27-21(16-10-12-18(24)13-11-16)25-26-23(27)30-20(22(28)29)14-17-8-5-7-15-6-3-4-9-19(15)17/h3-14H,2H2,1H3,(H,28,29)/b20-14-. The maximum atomic E-state index is 12.0. The van der Waals surface area contributed by atoms with Crippen LogP contribution in [0.2, 0.25) is 5.02 Å². The summed E-state index contributed by atoms with van der Waals surface area (Å²) in [5.74, 6) is -0.335. The van der Waals surface area contributed by atoms with Crippen molar-refractivity contribution in [1.29, 1.82) is 0 Å². The normalized spacial score (nSPS) is 11.7. The molecule has 0 fully saturated rings. The number of thioether (sulfide) groups is 1. The van der Waals surface area contributed by atoms with Gasteiger partial charge in [-0.05, 0) is 65.4 Å². The molecule has 4 rings (SSSR count). The minimum atomic E-state index is -1.01. The van der Waals surface area contributed by atoms with Crippen LogP contribution in [0.5, 0.6) is 0 Å². The Morgan fingerprint density at radius 2 is 1.80 bits per heavy atom. The van der Waals surface area contributed by atoms with E-state index in [0.717, 1.165) is 33.7 Å². The molecule has 1 heterocycles. The lowest BCUT2D eigenvalue weighted by atomic mass is 10.0. The molecule has 0 atom stereocenters. The zero-order chi connectivity index (χ0) is 21.1. The molecule has 5 nitrogen and oxygen atoms in total. The lowest BCUT2D eigenvalue weighted by molar-refractivity contribution is -0.131. The topological polar surface area (TPSA) is 68.0 Å². The molecule has 0 amide bonds. The van der Waals surface area contributed by atoms with Gasteiger partial charge >= 0.3 is 5.97 Å². The molecule has 4 aromatic rings. The SMILES string of the molecule is CCn1c(S/C(=C\c2cccc3ccccc23)C(=O)O)nnc1-c1ccc(Cl)cc1. The number of aliphatic carboxylic acids is 1. The first kappa shape index (κ1) is 20.2. The van der Waals surface area contributed by atoms with Crippen molar-refractivity contribution in [2.45, 2.75) is 18.6 Å². The summed E-state index contributed by atoms with van der Waals surface area (Å²) in [5, 5.41) is 21.6. The molecule has 150 valence electrons. The van der Waals surface area contributed by atoms with Gasteiger partial charge in [-0.3, -0.25) is 0 Å². The van der Waals surface area contributed by atoms with Gasteiger partial charge in [-0.15, -0.1) is 10.2 Å². The van der Waals surface area contributed by atoms with E-state index < -0.39 is 5.97 Å². The van der Waals surface area contributed by atoms with E-state index in [-0.39, 0.29) is 4.91 Å². The highest BCUT2D eigenvalue weighted by molar-refractivity contribution is 8.04. The van der Waals surface area contributed by atoms with Crippen LogP contribution in [0.25, 0.3) is 28.2 Å². The van der Waals surface area contributed by atoms with Crippen molar-refractivity contribution in [1.82, 2.24) is 14.8 Å². The molecule has 0 unspecified atom stereocenters. The highest BCUT2D eigenvalue weighted by Gasteiger charge is 2.18. The second-order valence-corrected chi connectivity index (χ2v) is 7.99. The zero-order valence-corrected chi connectivity index (χ0v) is 17.7. The Bertz CT molecular complexity index is 1240. The summed E-state index contributed by atoms with van der Waals surface area (Å²) in [6.07, 6.45) is 1.69. The summed E-state index contributed by atoms with van der Waals surface area (Å²) in [4.78, 5) is 12.2. The monoisotopic (exact) mass is 435 g/mol. The van der Waals surface area contributed by atoms with Gasteiger partial charge in [0.2, 0.25) is 0 Å². The number of hydrogen-bond donors (Lipinski definition) is 1. The van der Waals surface area contributed by atoms with Crippen molar-refractivity contribution in [3.63, 3.8) is 0 Å². The Kier molecular flexibility index (Phi) is 5.88. The van der Waals surface area contributed by atoms with Crippen molar-refractivity contribution >= 4 is 46.2 Å². The molecule has 0 aliphatic rings. The van der Waals surface area contributed by atoms with Crippen molar-refractivity contribution in [2.24, 2.45) is 0 Å². The third-order valence-electron chi connectivity index (χ3n) is 4.66. The predicted molar refractivity (Wildman–Crippen MR) is 122 cm³/mol. The average Bonchev–Trinajstić information content (AvgIpc) is 3.16. The quantitative estimate of drug-likeness (QED) is 0.297. The van der Waals surface area contributed by atoms with Gasteiger partial charge in [0.05, 0.1) is 0 Å². The number of fused-ring (bicyclic) bond motifs is 1. The van der Waals surface area contributed by atoms with Crippen LogP contribution in [0, 0.1) is 0 Å². The molecule has 1 aromatic heterocycles. The van der Waals surface area contributed by atoms with Crippen LogP contribution in [-0.4, -0.2) is 25.8 Å². The lowest BCUT2D eigenvalue weighted by Crippen LogP contribution is -2.02. The van der Waals surface area contributed by atoms with Crippen LogP contribution in [-0.2, 0) is 11.3 Å². The highest BCUT2D eigenvalue weighted by Crippen LogP contribution is 2.32. The van der Waals surface area contributed by atoms with Crippen molar-refractivity contribution in [3.8, 4) is 11.4 Å². The molecule has 0 spiro atoms. The van der Waals surface area contributed by atoms with Gasteiger partial charge in [0.1, 0.15) is 4.91 Å². The van der Waals surface area contributed by atoms with Gasteiger partial charge in [0.25, 0.3) is 0 Å². The number of rotatable bonds is 6. The van der Waals surface area contributed by atoms with E-state index >= 15 is 0 Å². The van der Waals surface area contributed by atoms with Crippen LogP contribution >= 0.6 is 23.4 Å². The van der Waals surface area contributed by atoms with E-state index in [1.807, 2.05) is 66.1 Å². The Morgan fingerprint density at radius 3 is 2.53 bits per heavy atom. The Hall–Kier alpha value is -3.09. The van der Waals surface area contributed by atoms with E-state index in [2.05, 4.69) is 10.2 Å². The Labute approximate surface area is 183 Å². The molecule has 30 heavy (non-hydrogen) atoms. The number of aromatic nitrogens is 3. The lowest BCUT2D eigenvalue weighted by Gasteiger charge is -2.08. The van der Waals surface area contributed by atoms with Crippen LogP contribution < -0.4 is 0 Å². The third kappa shape index (κ3) is 4.10. The summed E-state index contributed by atoms with van der Waals surface area (Å²) in [5.41, 5.74) is 1.72. The predicted octanol–water partition coefficient (Wildman–Crippen LogP) is 5.99. The maximum Gasteiger partial charge on any atom is 0.342 e. The van der Waals surface area contributed by atoms with Crippen LogP contribution in [0.15, 0.2) is 76.8 Å². The third-order valence-corrected chi connectivity index (χ3v) is 5.91. The molecule has 0 bridgehead atoms. The maximum absolute atomic E-state index is 12.0. The van der Waals surface area contributed by atoms with Gasteiger partial charge in [0.15, 0.2) is 11.0 Å². The van der Waals surface area contributed by atoms with E-state index in [0.29, 0.717) is 22.5 Å². The number of carbonyl (C=O) groups is 1. The summed E-state index contributed by atoms with van der Waals surface area (Å²) in [6.45, 7) is 2.58. The molecule has 3 aromatic carbocycles. The number of benzene rings is 3. The number of carboxylic acid groups (broad SMARTS) is 1.